The lowest BCUT2D eigenvalue weighted by atomic mass is 9.73. The average Bonchev–Trinajstić information content (AvgIpc) is 2.65. The maximum absolute atomic E-state index is 13.2. The van der Waals surface area contributed by atoms with E-state index in [-0.39, 0.29) is 17.4 Å². The Morgan fingerprint density at radius 3 is 2.42 bits per heavy atom. The summed E-state index contributed by atoms with van der Waals surface area (Å²) < 4.78 is 12.1. The van der Waals surface area contributed by atoms with Crippen molar-refractivity contribution in [3.63, 3.8) is 0 Å². The summed E-state index contributed by atoms with van der Waals surface area (Å²) >= 11 is 0. The molecular weight excluding hydrogens is 418 g/mol. The first-order valence-corrected chi connectivity index (χ1v) is 13.2. The van der Waals surface area contributed by atoms with E-state index in [0.717, 1.165) is 0 Å². The van der Waals surface area contributed by atoms with Gasteiger partial charge < -0.3 is 14.3 Å². The fraction of sp³-hybridized carbons (Fsp3) is 0.545. The van der Waals surface area contributed by atoms with Crippen LogP contribution in [0.4, 0.5) is 0 Å². The Balaban J connectivity index is 1.94. The molecule has 9 heteroatoms. The minimum absolute atomic E-state index is 0.0412. The Bertz CT molecular complexity index is 936. The molecule has 8 nitrogen and oxygen atoms in total. The number of hydrogen-bond donors (Lipinski definition) is 1. The zero-order valence-corrected chi connectivity index (χ0v) is 19.7. The van der Waals surface area contributed by atoms with Crippen molar-refractivity contribution in [2.75, 3.05) is 6.61 Å². The molecule has 2 amide bonds. The van der Waals surface area contributed by atoms with Crippen LogP contribution in [0.3, 0.4) is 0 Å². The molecule has 0 spiro atoms. The van der Waals surface area contributed by atoms with Gasteiger partial charge in [0.25, 0.3) is 0 Å². The number of Topliss-reactive ketones (excluding diaryl/α,β-unsaturated/α-hetero) is 1. The van der Waals surface area contributed by atoms with Crippen LogP contribution < -0.4 is 4.74 Å². The number of amides is 2. The number of rotatable bonds is 4. The van der Waals surface area contributed by atoms with Crippen LogP contribution in [0.15, 0.2) is 24.3 Å². The standard InChI is InChI=1S/C22H29NO7Si/c1-12(30-31(5,6)22(2,3)4)16-17(23(19(16)25)20(26)21(27)28)14-11-29-15-10-8-7-9-13(15)18(14)24/h7-10,12,14,16-17H,11H2,1-6H3,(H,27,28)/t12-,14+,16-,17-/m1/s1. The van der Waals surface area contributed by atoms with Gasteiger partial charge in [0.05, 0.1) is 29.5 Å². The maximum Gasteiger partial charge on any atom is 0.395 e. The Hall–Kier alpha value is -2.52. The summed E-state index contributed by atoms with van der Waals surface area (Å²) in [7, 11) is -2.26. The van der Waals surface area contributed by atoms with Gasteiger partial charge in [-0.15, -0.1) is 0 Å². The number of ether oxygens (including phenoxy) is 1. The molecule has 0 unspecified atom stereocenters. The van der Waals surface area contributed by atoms with Gasteiger partial charge in [0, 0.05) is 0 Å². The van der Waals surface area contributed by atoms with Crippen LogP contribution in [-0.2, 0) is 18.8 Å². The number of β-lactam (4-membered cyclic amide) rings is 1. The summed E-state index contributed by atoms with van der Waals surface area (Å²) in [6.07, 6.45) is -0.582. The molecule has 0 radical (unpaired) electrons. The van der Waals surface area contributed by atoms with E-state index in [1.807, 2.05) is 13.1 Å². The molecule has 3 rings (SSSR count). The largest absolute Gasteiger partial charge is 0.492 e. The normalized spacial score (nSPS) is 24.7. The number of aliphatic carboxylic acids is 1. The summed E-state index contributed by atoms with van der Waals surface area (Å²) in [5.74, 6) is -5.20. The van der Waals surface area contributed by atoms with E-state index in [0.29, 0.717) is 16.2 Å². The zero-order valence-electron chi connectivity index (χ0n) is 18.7. The molecule has 0 saturated carbocycles. The Morgan fingerprint density at radius 1 is 1.23 bits per heavy atom. The lowest BCUT2D eigenvalue weighted by molar-refractivity contribution is -0.180. The minimum atomic E-state index is -2.26. The lowest BCUT2D eigenvalue weighted by Gasteiger charge is -2.52. The van der Waals surface area contributed by atoms with Gasteiger partial charge in [-0.2, -0.15) is 0 Å². The second-order valence-corrected chi connectivity index (χ2v) is 14.5. The highest BCUT2D eigenvalue weighted by Crippen LogP contribution is 2.43. The topological polar surface area (TPSA) is 110 Å². The van der Waals surface area contributed by atoms with Crippen LogP contribution >= 0.6 is 0 Å². The highest BCUT2D eigenvalue weighted by Gasteiger charge is 2.60. The number of para-hydroxylation sites is 1. The minimum Gasteiger partial charge on any atom is -0.492 e. The first kappa shape index (κ1) is 23.1. The molecule has 168 valence electrons. The van der Waals surface area contributed by atoms with Gasteiger partial charge >= 0.3 is 11.9 Å². The van der Waals surface area contributed by atoms with Gasteiger partial charge in [0.15, 0.2) is 14.1 Å². The summed E-state index contributed by atoms with van der Waals surface area (Å²) in [5, 5.41) is 9.10. The van der Waals surface area contributed by atoms with Crippen molar-refractivity contribution in [1.29, 1.82) is 0 Å². The van der Waals surface area contributed by atoms with Gasteiger partial charge in [0.2, 0.25) is 5.91 Å². The molecule has 1 aromatic rings. The molecule has 0 bridgehead atoms. The number of carbonyl (C=O) groups is 4. The number of carboxylic acids is 1. The van der Waals surface area contributed by atoms with E-state index in [1.165, 1.54) is 0 Å². The van der Waals surface area contributed by atoms with E-state index < -0.39 is 50.1 Å². The number of hydrogen-bond acceptors (Lipinski definition) is 6. The highest BCUT2D eigenvalue weighted by atomic mass is 28.4. The maximum atomic E-state index is 13.2. The number of fused-ring (bicyclic) bond motifs is 1. The number of likely N-dealkylation sites (tertiary alicyclic amines) is 1. The molecule has 2 heterocycles. The Labute approximate surface area is 182 Å². The third-order valence-corrected chi connectivity index (χ3v) is 11.3. The quantitative estimate of drug-likeness (QED) is 0.429. The average molecular weight is 448 g/mol. The molecule has 1 fully saturated rings. The third kappa shape index (κ3) is 3.92. The number of carboxylic acid groups (broad SMARTS) is 1. The molecule has 1 aromatic carbocycles. The fourth-order valence-corrected chi connectivity index (χ4v) is 5.43. The summed E-state index contributed by atoms with van der Waals surface area (Å²) in [5.41, 5.74) is 0.359. The second kappa shape index (κ2) is 7.87. The predicted molar refractivity (Wildman–Crippen MR) is 114 cm³/mol. The van der Waals surface area contributed by atoms with Crippen molar-refractivity contribution < 1.29 is 33.4 Å². The molecule has 31 heavy (non-hydrogen) atoms. The van der Waals surface area contributed by atoms with Crippen molar-refractivity contribution in [2.45, 2.75) is 58.0 Å². The summed E-state index contributed by atoms with van der Waals surface area (Å²) in [6.45, 7) is 12.0. The highest BCUT2D eigenvalue weighted by molar-refractivity contribution is 6.74. The molecule has 2 aliphatic rings. The fourth-order valence-electron chi connectivity index (χ4n) is 4.00. The number of ketones is 1. The first-order chi connectivity index (χ1) is 14.3. The molecular formula is C22H29NO7Si. The van der Waals surface area contributed by atoms with E-state index in [1.54, 1.807) is 31.2 Å². The Kier molecular flexibility index (Phi) is 5.88. The van der Waals surface area contributed by atoms with Crippen molar-refractivity contribution in [3.8, 4) is 5.75 Å². The number of imide groups is 1. The SMILES string of the molecule is C[C@@H](O[Si](C)(C)C(C)(C)C)[C@H]1C(=O)N(C(=O)C(=O)O)[C@@H]1[C@@H]1COc2ccccc2C1=O. The third-order valence-electron chi connectivity index (χ3n) is 6.70. The van der Waals surface area contributed by atoms with Crippen LogP contribution in [0.1, 0.15) is 38.1 Å². The number of nitrogens with zero attached hydrogens (tertiary/aromatic N) is 1. The molecule has 0 aromatic heterocycles. The van der Waals surface area contributed by atoms with E-state index >= 15 is 0 Å². The number of benzene rings is 1. The van der Waals surface area contributed by atoms with E-state index in [4.69, 9.17) is 9.16 Å². The van der Waals surface area contributed by atoms with Crippen LogP contribution in [0.2, 0.25) is 18.1 Å². The van der Waals surface area contributed by atoms with E-state index in [2.05, 4.69) is 20.8 Å². The number of carbonyl (C=O) groups excluding carboxylic acids is 3. The second-order valence-electron chi connectivity index (χ2n) is 9.70. The molecule has 2 aliphatic heterocycles. The van der Waals surface area contributed by atoms with Crippen molar-refractivity contribution in [2.24, 2.45) is 11.8 Å². The van der Waals surface area contributed by atoms with Gasteiger partial charge in [-0.05, 0) is 37.2 Å². The van der Waals surface area contributed by atoms with E-state index in [9.17, 15) is 24.3 Å². The molecule has 1 N–H and O–H groups in total. The Morgan fingerprint density at radius 2 is 1.84 bits per heavy atom. The van der Waals surface area contributed by atoms with Crippen LogP contribution in [0.5, 0.6) is 5.75 Å². The monoisotopic (exact) mass is 447 g/mol. The smallest absolute Gasteiger partial charge is 0.395 e. The van der Waals surface area contributed by atoms with Gasteiger partial charge in [-0.1, -0.05) is 32.9 Å². The van der Waals surface area contributed by atoms with Crippen molar-refractivity contribution in [1.82, 2.24) is 4.90 Å². The van der Waals surface area contributed by atoms with Crippen LogP contribution in [0.25, 0.3) is 0 Å². The first-order valence-electron chi connectivity index (χ1n) is 10.3. The van der Waals surface area contributed by atoms with Crippen LogP contribution in [0, 0.1) is 11.8 Å². The lowest BCUT2D eigenvalue weighted by Crippen LogP contribution is -2.72. The van der Waals surface area contributed by atoms with Gasteiger partial charge in [0.1, 0.15) is 12.4 Å². The molecule has 1 saturated heterocycles. The summed E-state index contributed by atoms with van der Waals surface area (Å²) in [4.78, 5) is 50.4. The molecule has 4 atom stereocenters. The van der Waals surface area contributed by atoms with Gasteiger partial charge in [-0.3, -0.25) is 19.3 Å². The predicted octanol–water partition coefficient (Wildman–Crippen LogP) is 2.73. The van der Waals surface area contributed by atoms with Crippen molar-refractivity contribution >= 4 is 31.9 Å². The van der Waals surface area contributed by atoms with Crippen LogP contribution in [-0.4, -0.2) is 60.6 Å². The zero-order chi connectivity index (χ0) is 23.3. The van der Waals surface area contributed by atoms with Gasteiger partial charge in [-0.25, -0.2) is 4.79 Å². The van der Waals surface area contributed by atoms with Crippen molar-refractivity contribution in [3.05, 3.63) is 29.8 Å². The summed E-state index contributed by atoms with van der Waals surface area (Å²) in [6, 6.07) is 5.82. The molecule has 0 aliphatic carbocycles.